The zero-order valence-corrected chi connectivity index (χ0v) is 10.8. The lowest BCUT2D eigenvalue weighted by Crippen LogP contribution is -2.33. The van der Waals surface area contributed by atoms with Crippen molar-refractivity contribution in [3.63, 3.8) is 0 Å². The number of thioether (sulfide) groups is 1. The highest BCUT2D eigenvalue weighted by molar-refractivity contribution is 7.99. The average molecular weight is 239 g/mol. The van der Waals surface area contributed by atoms with Crippen molar-refractivity contribution in [2.45, 2.75) is 45.3 Å². The van der Waals surface area contributed by atoms with Crippen molar-refractivity contribution in [1.82, 2.24) is 14.9 Å². The lowest BCUT2D eigenvalue weighted by atomic mass is 10.2. The minimum Gasteiger partial charge on any atom is -0.333 e. The quantitative estimate of drug-likeness (QED) is 0.855. The normalized spacial score (nSPS) is 21.2. The topological polar surface area (TPSA) is 29.9 Å². The summed E-state index contributed by atoms with van der Waals surface area (Å²) in [5, 5.41) is 3.64. The lowest BCUT2D eigenvalue weighted by molar-refractivity contribution is 0.492. The van der Waals surface area contributed by atoms with Crippen molar-refractivity contribution in [2.24, 2.45) is 0 Å². The second-order valence-electron chi connectivity index (χ2n) is 4.37. The van der Waals surface area contributed by atoms with E-state index >= 15 is 0 Å². The molecule has 1 aliphatic rings. The largest absolute Gasteiger partial charge is 0.333 e. The van der Waals surface area contributed by atoms with Gasteiger partial charge in [0.2, 0.25) is 0 Å². The fourth-order valence-electron chi connectivity index (χ4n) is 2.09. The van der Waals surface area contributed by atoms with E-state index in [1.54, 1.807) is 0 Å². The van der Waals surface area contributed by atoms with E-state index < -0.39 is 0 Å². The summed E-state index contributed by atoms with van der Waals surface area (Å²) in [4.78, 5) is 4.22. The first-order valence-corrected chi connectivity index (χ1v) is 7.35. The number of rotatable bonds is 5. The molecular formula is C12H21N3S. The van der Waals surface area contributed by atoms with Gasteiger partial charge in [-0.1, -0.05) is 6.92 Å². The van der Waals surface area contributed by atoms with Crippen LogP contribution in [0, 0.1) is 0 Å². The van der Waals surface area contributed by atoms with Gasteiger partial charge in [0.1, 0.15) is 0 Å². The summed E-state index contributed by atoms with van der Waals surface area (Å²) in [6.45, 7) is 4.25. The van der Waals surface area contributed by atoms with Gasteiger partial charge in [-0.25, -0.2) is 4.98 Å². The highest BCUT2D eigenvalue weighted by atomic mass is 32.2. The SMILES string of the molecule is CCCn1cncc1CNC1CCCSC1. The molecule has 90 valence electrons. The van der Waals surface area contributed by atoms with Gasteiger partial charge in [-0.15, -0.1) is 0 Å². The fourth-order valence-corrected chi connectivity index (χ4v) is 3.19. The van der Waals surface area contributed by atoms with Gasteiger partial charge in [-0.3, -0.25) is 0 Å². The van der Waals surface area contributed by atoms with Gasteiger partial charge < -0.3 is 9.88 Å². The third-order valence-corrected chi connectivity index (χ3v) is 4.21. The first-order chi connectivity index (χ1) is 7.90. The van der Waals surface area contributed by atoms with Crippen LogP contribution >= 0.6 is 11.8 Å². The van der Waals surface area contributed by atoms with Gasteiger partial charge in [0.25, 0.3) is 0 Å². The van der Waals surface area contributed by atoms with E-state index in [2.05, 4.69) is 33.6 Å². The zero-order chi connectivity index (χ0) is 11.2. The summed E-state index contributed by atoms with van der Waals surface area (Å²) in [6, 6.07) is 0.698. The van der Waals surface area contributed by atoms with Crippen LogP contribution in [0.2, 0.25) is 0 Å². The fraction of sp³-hybridized carbons (Fsp3) is 0.750. The highest BCUT2D eigenvalue weighted by Gasteiger charge is 2.13. The Balaban J connectivity index is 1.81. The Morgan fingerprint density at radius 1 is 1.62 bits per heavy atom. The Hall–Kier alpha value is -0.480. The molecule has 0 radical (unpaired) electrons. The summed E-state index contributed by atoms with van der Waals surface area (Å²) in [7, 11) is 0. The molecule has 1 aliphatic heterocycles. The maximum absolute atomic E-state index is 4.22. The number of imidazole rings is 1. The summed E-state index contributed by atoms with van der Waals surface area (Å²) in [6.07, 6.45) is 7.78. The molecule has 0 spiro atoms. The Kier molecular flexibility index (Phi) is 4.72. The Bertz CT molecular complexity index is 305. The maximum atomic E-state index is 4.22. The van der Waals surface area contributed by atoms with E-state index in [4.69, 9.17) is 0 Å². The Labute approximate surface area is 102 Å². The Morgan fingerprint density at radius 3 is 3.31 bits per heavy atom. The van der Waals surface area contributed by atoms with Crippen LogP contribution in [0.15, 0.2) is 12.5 Å². The molecule has 2 rings (SSSR count). The van der Waals surface area contributed by atoms with Crippen LogP contribution in [0.4, 0.5) is 0 Å². The molecule has 1 atom stereocenters. The molecule has 1 fully saturated rings. The van der Waals surface area contributed by atoms with Gasteiger partial charge in [0.15, 0.2) is 0 Å². The smallest absolute Gasteiger partial charge is 0.0948 e. The monoisotopic (exact) mass is 239 g/mol. The molecule has 4 heteroatoms. The molecule has 1 saturated heterocycles. The van der Waals surface area contributed by atoms with Crippen LogP contribution in [0.5, 0.6) is 0 Å². The summed E-state index contributed by atoms with van der Waals surface area (Å²) in [5.41, 5.74) is 1.32. The molecule has 1 aromatic rings. The number of aromatic nitrogens is 2. The number of nitrogens with one attached hydrogen (secondary N) is 1. The molecule has 16 heavy (non-hydrogen) atoms. The van der Waals surface area contributed by atoms with Crippen molar-refractivity contribution < 1.29 is 0 Å². The van der Waals surface area contributed by atoms with E-state index in [1.807, 2.05) is 12.5 Å². The zero-order valence-electron chi connectivity index (χ0n) is 9.98. The number of nitrogens with zero attached hydrogens (tertiary/aromatic N) is 2. The van der Waals surface area contributed by atoms with Gasteiger partial charge in [0, 0.05) is 31.1 Å². The van der Waals surface area contributed by atoms with E-state index in [0.29, 0.717) is 6.04 Å². The first-order valence-electron chi connectivity index (χ1n) is 6.20. The predicted octanol–water partition coefficient (Wildman–Crippen LogP) is 2.28. The van der Waals surface area contributed by atoms with E-state index in [0.717, 1.165) is 13.1 Å². The minimum absolute atomic E-state index is 0.698. The molecule has 0 aromatic carbocycles. The molecule has 0 amide bonds. The number of aryl methyl sites for hydroxylation is 1. The third kappa shape index (κ3) is 3.25. The molecule has 0 aliphatic carbocycles. The van der Waals surface area contributed by atoms with E-state index in [9.17, 15) is 0 Å². The third-order valence-electron chi connectivity index (χ3n) is 3.00. The maximum Gasteiger partial charge on any atom is 0.0948 e. The minimum atomic E-state index is 0.698. The summed E-state index contributed by atoms with van der Waals surface area (Å²) in [5.74, 6) is 2.61. The molecule has 1 N–H and O–H groups in total. The first kappa shape index (κ1) is 12.0. The Morgan fingerprint density at radius 2 is 2.56 bits per heavy atom. The molecule has 1 aromatic heterocycles. The van der Waals surface area contributed by atoms with Crippen molar-refractivity contribution in [3.05, 3.63) is 18.2 Å². The van der Waals surface area contributed by atoms with Gasteiger partial charge in [-0.2, -0.15) is 11.8 Å². The molecule has 0 saturated carbocycles. The number of hydrogen-bond donors (Lipinski definition) is 1. The molecule has 3 nitrogen and oxygen atoms in total. The molecular weight excluding hydrogens is 218 g/mol. The summed E-state index contributed by atoms with van der Waals surface area (Å²) >= 11 is 2.07. The van der Waals surface area contributed by atoms with E-state index in [-0.39, 0.29) is 0 Å². The molecule has 1 unspecified atom stereocenters. The van der Waals surface area contributed by atoms with Crippen molar-refractivity contribution in [3.8, 4) is 0 Å². The van der Waals surface area contributed by atoms with Gasteiger partial charge in [0.05, 0.1) is 12.0 Å². The van der Waals surface area contributed by atoms with E-state index in [1.165, 1.54) is 36.5 Å². The van der Waals surface area contributed by atoms with Crippen molar-refractivity contribution >= 4 is 11.8 Å². The lowest BCUT2D eigenvalue weighted by Gasteiger charge is -2.22. The second kappa shape index (κ2) is 6.30. The van der Waals surface area contributed by atoms with Crippen molar-refractivity contribution in [1.29, 1.82) is 0 Å². The average Bonchev–Trinajstić information content (AvgIpc) is 2.76. The van der Waals surface area contributed by atoms with Crippen LogP contribution < -0.4 is 5.32 Å². The van der Waals surface area contributed by atoms with Gasteiger partial charge in [-0.05, 0) is 25.0 Å². The molecule has 2 heterocycles. The van der Waals surface area contributed by atoms with Crippen LogP contribution in [0.25, 0.3) is 0 Å². The van der Waals surface area contributed by atoms with Crippen LogP contribution in [-0.2, 0) is 13.1 Å². The highest BCUT2D eigenvalue weighted by Crippen LogP contribution is 2.17. The van der Waals surface area contributed by atoms with Crippen LogP contribution in [-0.4, -0.2) is 27.1 Å². The number of hydrogen-bond acceptors (Lipinski definition) is 3. The van der Waals surface area contributed by atoms with Crippen molar-refractivity contribution in [2.75, 3.05) is 11.5 Å². The van der Waals surface area contributed by atoms with Crippen LogP contribution in [0.1, 0.15) is 31.9 Å². The molecule has 0 bridgehead atoms. The van der Waals surface area contributed by atoms with Crippen LogP contribution in [0.3, 0.4) is 0 Å². The standard InChI is InChI=1S/C12H21N3S/c1-2-5-15-10-13-7-12(15)8-14-11-4-3-6-16-9-11/h7,10-11,14H,2-6,8-9H2,1H3. The second-order valence-corrected chi connectivity index (χ2v) is 5.52. The summed E-state index contributed by atoms with van der Waals surface area (Å²) < 4.78 is 2.25. The van der Waals surface area contributed by atoms with Gasteiger partial charge >= 0.3 is 0 Å². The predicted molar refractivity (Wildman–Crippen MR) is 69.7 cm³/mol.